The largest absolute Gasteiger partial charge is 0.497 e. The summed E-state index contributed by atoms with van der Waals surface area (Å²) in [4.78, 5) is 24.8. The van der Waals surface area contributed by atoms with Gasteiger partial charge in [0.2, 0.25) is 11.8 Å². The lowest BCUT2D eigenvalue weighted by Gasteiger charge is -2.23. The van der Waals surface area contributed by atoms with Crippen molar-refractivity contribution in [3.05, 3.63) is 53.6 Å². The average Bonchev–Trinajstić information content (AvgIpc) is 3.06. The van der Waals surface area contributed by atoms with Gasteiger partial charge in [-0.2, -0.15) is 0 Å². The summed E-state index contributed by atoms with van der Waals surface area (Å²) in [5.74, 6) is -0.693. The monoisotopic (exact) mass is 408 g/mol. The summed E-state index contributed by atoms with van der Waals surface area (Å²) < 4.78 is 31.5. The highest BCUT2D eigenvalue weighted by Gasteiger charge is 2.44. The van der Waals surface area contributed by atoms with Crippen LogP contribution in [-0.2, 0) is 19.6 Å². The molecule has 1 heterocycles. The van der Waals surface area contributed by atoms with Gasteiger partial charge in [0.25, 0.3) is 10.0 Å². The van der Waals surface area contributed by atoms with Gasteiger partial charge in [-0.1, -0.05) is 11.6 Å². The second kappa shape index (κ2) is 7.58. The van der Waals surface area contributed by atoms with E-state index in [1.807, 2.05) is 0 Å². The first-order chi connectivity index (χ1) is 12.8. The van der Waals surface area contributed by atoms with Gasteiger partial charge in [0.05, 0.1) is 12.0 Å². The quantitative estimate of drug-likeness (QED) is 0.821. The van der Waals surface area contributed by atoms with Gasteiger partial charge in [-0.15, -0.1) is 0 Å². The molecule has 1 atom stereocenters. The molecule has 0 unspecified atom stereocenters. The van der Waals surface area contributed by atoms with Gasteiger partial charge in [0.1, 0.15) is 11.8 Å². The number of nitrogens with zero attached hydrogens (tertiary/aromatic N) is 1. The number of carbonyl (C=O) groups excluding carboxylic acids is 2. The van der Waals surface area contributed by atoms with E-state index in [1.54, 1.807) is 24.3 Å². The van der Waals surface area contributed by atoms with E-state index >= 15 is 0 Å². The summed E-state index contributed by atoms with van der Waals surface area (Å²) >= 11 is 5.81. The number of halogens is 1. The zero-order valence-electron chi connectivity index (χ0n) is 14.4. The summed E-state index contributed by atoms with van der Waals surface area (Å²) in [6.45, 7) is 0. The molecule has 2 aromatic rings. The van der Waals surface area contributed by atoms with Crippen LogP contribution in [0.15, 0.2) is 53.4 Å². The third-order valence-electron chi connectivity index (χ3n) is 4.19. The van der Waals surface area contributed by atoms with E-state index in [2.05, 4.69) is 5.32 Å². The molecule has 1 aliphatic rings. The fourth-order valence-electron chi connectivity index (χ4n) is 2.82. The van der Waals surface area contributed by atoms with E-state index in [0.29, 0.717) is 20.8 Å². The van der Waals surface area contributed by atoms with Crippen molar-refractivity contribution in [3.63, 3.8) is 0 Å². The molecular formula is C18H17ClN2O5S. The molecule has 9 heteroatoms. The number of nitrogens with one attached hydrogen (secondary N) is 1. The van der Waals surface area contributed by atoms with E-state index in [1.165, 1.54) is 31.4 Å². The van der Waals surface area contributed by atoms with Crippen molar-refractivity contribution in [1.82, 2.24) is 4.31 Å². The minimum Gasteiger partial charge on any atom is -0.497 e. The molecule has 0 radical (unpaired) electrons. The van der Waals surface area contributed by atoms with Crippen molar-refractivity contribution in [1.29, 1.82) is 0 Å². The summed E-state index contributed by atoms with van der Waals surface area (Å²) in [7, 11) is -2.70. The third kappa shape index (κ3) is 3.91. The van der Waals surface area contributed by atoms with Gasteiger partial charge in [0.15, 0.2) is 0 Å². The van der Waals surface area contributed by atoms with E-state index in [4.69, 9.17) is 16.3 Å². The van der Waals surface area contributed by atoms with Crippen molar-refractivity contribution in [2.24, 2.45) is 0 Å². The number of methoxy groups -OCH3 is 1. The van der Waals surface area contributed by atoms with E-state index < -0.39 is 27.9 Å². The Morgan fingerprint density at radius 1 is 1.15 bits per heavy atom. The molecule has 0 saturated carbocycles. The van der Waals surface area contributed by atoms with Crippen LogP contribution in [0.5, 0.6) is 5.75 Å². The Hall–Kier alpha value is -2.58. The number of sulfonamides is 1. The highest BCUT2D eigenvalue weighted by molar-refractivity contribution is 7.89. The van der Waals surface area contributed by atoms with Gasteiger partial charge < -0.3 is 10.1 Å². The number of carbonyl (C=O) groups is 2. The van der Waals surface area contributed by atoms with Crippen LogP contribution in [0.25, 0.3) is 0 Å². The van der Waals surface area contributed by atoms with Crippen LogP contribution >= 0.6 is 11.6 Å². The van der Waals surface area contributed by atoms with Crippen LogP contribution in [-0.4, -0.2) is 37.7 Å². The Kier molecular flexibility index (Phi) is 5.38. The van der Waals surface area contributed by atoms with Crippen molar-refractivity contribution >= 4 is 39.1 Å². The second-order valence-electron chi connectivity index (χ2n) is 5.92. The molecule has 0 spiro atoms. The van der Waals surface area contributed by atoms with E-state index in [9.17, 15) is 18.0 Å². The smallest absolute Gasteiger partial charge is 0.267 e. The first-order valence-corrected chi connectivity index (χ1v) is 9.92. The molecule has 3 rings (SSSR count). The molecule has 0 aromatic heterocycles. The van der Waals surface area contributed by atoms with Gasteiger partial charge in [0, 0.05) is 17.1 Å². The Bertz CT molecular complexity index is 958. The summed E-state index contributed by atoms with van der Waals surface area (Å²) in [6, 6.07) is 10.9. The lowest BCUT2D eigenvalue weighted by molar-refractivity contribution is -0.128. The molecular weight excluding hydrogens is 392 g/mol. The van der Waals surface area contributed by atoms with Crippen LogP contribution in [0.2, 0.25) is 5.02 Å². The first kappa shape index (κ1) is 19.2. The van der Waals surface area contributed by atoms with Gasteiger partial charge in [-0.25, -0.2) is 12.7 Å². The van der Waals surface area contributed by atoms with Crippen LogP contribution in [0.1, 0.15) is 12.8 Å². The maximum absolute atomic E-state index is 12.9. The van der Waals surface area contributed by atoms with Crippen LogP contribution in [0.3, 0.4) is 0 Å². The zero-order valence-corrected chi connectivity index (χ0v) is 16.0. The number of rotatable bonds is 5. The highest BCUT2D eigenvalue weighted by Crippen LogP contribution is 2.29. The van der Waals surface area contributed by atoms with Crippen LogP contribution < -0.4 is 10.1 Å². The highest BCUT2D eigenvalue weighted by atomic mass is 35.5. The number of ether oxygens (including phenoxy) is 1. The first-order valence-electron chi connectivity index (χ1n) is 8.10. The topological polar surface area (TPSA) is 92.8 Å². The van der Waals surface area contributed by atoms with Gasteiger partial charge >= 0.3 is 0 Å². The van der Waals surface area contributed by atoms with Crippen LogP contribution in [0, 0.1) is 0 Å². The summed E-state index contributed by atoms with van der Waals surface area (Å²) in [6.07, 6.45) is 0.0989. The van der Waals surface area contributed by atoms with Crippen molar-refractivity contribution in [2.45, 2.75) is 23.8 Å². The Morgan fingerprint density at radius 3 is 2.37 bits per heavy atom. The van der Waals surface area contributed by atoms with Crippen LogP contribution in [0.4, 0.5) is 5.69 Å². The van der Waals surface area contributed by atoms with Crippen molar-refractivity contribution in [2.75, 3.05) is 12.4 Å². The van der Waals surface area contributed by atoms with Crippen molar-refractivity contribution in [3.8, 4) is 5.75 Å². The van der Waals surface area contributed by atoms with Gasteiger partial charge in [-0.05, 0) is 55.0 Å². The Balaban J connectivity index is 1.86. The molecule has 27 heavy (non-hydrogen) atoms. The molecule has 2 aromatic carbocycles. The Morgan fingerprint density at radius 2 is 1.78 bits per heavy atom. The number of hydrogen-bond acceptors (Lipinski definition) is 5. The van der Waals surface area contributed by atoms with Gasteiger partial charge in [-0.3, -0.25) is 9.59 Å². The standard InChI is InChI=1S/C18H17ClN2O5S/c1-26-14-6-8-15(9-7-14)27(24,25)21-16(10-11-17(21)22)18(23)20-13-4-2-12(19)3-5-13/h2-9,16H,10-11H2,1H3,(H,20,23)/t16-/m0/s1. The zero-order chi connectivity index (χ0) is 19.6. The molecule has 1 N–H and O–H groups in total. The minimum absolute atomic E-state index is 0.0198. The Labute approximate surface area is 161 Å². The van der Waals surface area contributed by atoms with Crippen molar-refractivity contribution < 1.29 is 22.7 Å². The minimum atomic E-state index is -4.16. The molecule has 1 aliphatic heterocycles. The molecule has 1 saturated heterocycles. The molecule has 2 amide bonds. The number of amides is 2. The van der Waals surface area contributed by atoms with E-state index in [-0.39, 0.29) is 17.7 Å². The number of benzene rings is 2. The lowest BCUT2D eigenvalue weighted by Crippen LogP contribution is -2.45. The molecule has 142 valence electrons. The average molecular weight is 409 g/mol. The molecule has 7 nitrogen and oxygen atoms in total. The molecule has 0 bridgehead atoms. The summed E-state index contributed by atoms with van der Waals surface area (Å²) in [5.41, 5.74) is 0.463. The predicted molar refractivity (Wildman–Crippen MR) is 100 cm³/mol. The molecule has 1 fully saturated rings. The third-order valence-corrected chi connectivity index (χ3v) is 6.29. The summed E-state index contributed by atoms with van der Waals surface area (Å²) in [5, 5.41) is 3.13. The molecule has 0 aliphatic carbocycles. The number of hydrogen-bond donors (Lipinski definition) is 1. The lowest BCUT2D eigenvalue weighted by atomic mass is 10.2. The number of anilines is 1. The SMILES string of the molecule is COc1ccc(S(=O)(=O)N2C(=O)CC[C@H]2C(=O)Nc2ccc(Cl)cc2)cc1. The normalized spacial score (nSPS) is 17.0. The second-order valence-corrected chi connectivity index (χ2v) is 8.17. The maximum Gasteiger partial charge on any atom is 0.267 e. The maximum atomic E-state index is 12.9. The fraction of sp³-hybridized carbons (Fsp3) is 0.222. The van der Waals surface area contributed by atoms with E-state index in [0.717, 1.165) is 0 Å². The predicted octanol–water partition coefficient (Wildman–Crippen LogP) is 2.67. The fourth-order valence-corrected chi connectivity index (χ4v) is 4.55.